The van der Waals surface area contributed by atoms with E-state index in [1.54, 1.807) is 36.7 Å². The van der Waals surface area contributed by atoms with Gasteiger partial charge in [-0.1, -0.05) is 12.1 Å². The fraction of sp³-hybridized carbons (Fsp3) is 0.455. The van der Waals surface area contributed by atoms with E-state index >= 15 is 0 Å². The van der Waals surface area contributed by atoms with E-state index in [2.05, 4.69) is 20.9 Å². The lowest BCUT2D eigenvalue weighted by Crippen LogP contribution is -2.39. The van der Waals surface area contributed by atoms with Crippen molar-refractivity contribution in [2.75, 3.05) is 26.2 Å². The molecule has 1 saturated heterocycles. The molecule has 0 radical (unpaired) electrons. The molecule has 0 spiro atoms. The number of carbonyl (C=O) groups excluding carboxylic acids is 1. The molecule has 2 aromatic rings. The van der Waals surface area contributed by atoms with Gasteiger partial charge in [0.05, 0.1) is 0 Å². The van der Waals surface area contributed by atoms with Gasteiger partial charge >= 0.3 is 0 Å². The van der Waals surface area contributed by atoms with Crippen molar-refractivity contribution in [3.8, 4) is 5.75 Å². The lowest BCUT2D eigenvalue weighted by molar-refractivity contribution is -0.123. The number of nitrogens with zero attached hydrogens (tertiary/aromatic N) is 1. The van der Waals surface area contributed by atoms with Crippen LogP contribution in [-0.2, 0) is 11.2 Å². The van der Waals surface area contributed by atoms with Crippen LogP contribution in [0.2, 0.25) is 0 Å². The third-order valence-electron chi connectivity index (χ3n) is 5.31. The number of carbonyl (C=O) groups is 1. The van der Waals surface area contributed by atoms with Gasteiger partial charge in [0.2, 0.25) is 5.91 Å². The van der Waals surface area contributed by atoms with Crippen LogP contribution in [0.3, 0.4) is 0 Å². The average molecular weight is 383 g/mol. The monoisotopic (exact) mass is 382 g/mol. The van der Waals surface area contributed by atoms with Crippen molar-refractivity contribution in [2.24, 2.45) is 5.92 Å². The largest absolute Gasteiger partial charge is 0.508 e. The first-order valence-corrected chi connectivity index (χ1v) is 10.1. The Labute approximate surface area is 166 Å². The van der Waals surface area contributed by atoms with E-state index in [0.717, 1.165) is 43.6 Å². The summed E-state index contributed by atoms with van der Waals surface area (Å²) in [5, 5.41) is 19.4. The molecule has 2 heterocycles. The molecular weight excluding hydrogens is 352 g/mol. The van der Waals surface area contributed by atoms with Gasteiger partial charge in [-0.15, -0.1) is 0 Å². The molecule has 1 aliphatic heterocycles. The molecular formula is C22H30N4O2. The van der Waals surface area contributed by atoms with Gasteiger partial charge < -0.3 is 21.1 Å². The van der Waals surface area contributed by atoms with Crippen LogP contribution in [-0.4, -0.2) is 42.2 Å². The first-order chi connectivity index (χ1) is 13.7. The third-order valence-corrected chi connectivity index (χ3v) is 5.31. The standard InChI is InChI=1S/C22H30N4O2/c27-20-3-1-19(2-4-20)21(25-15-9-17-5-11-23-12-6-17)22(28)26-16-10-18-7-13-24-14-8-18/h1-4,7-8,13-14,17,21,23,25,27H,5-6,9-12,15-16H2,(H,26,28). The van der Waals surface area contributed by atoms with Crippen LogP contribution in [0.4, 0.5) is 0 Å². The normalized spacial score (nSPS) is 15.9. The summed E-state index contributed by atoms with van der Waals surface area (Å²) >= 11 is 0. The van der Waals surface area contributed by atoms with Crippen LogP contribution < -0.4 is 16.0 Å². The van der Waals surface area contributed by atoms with Crippen molar-refractivity contribution >= 4 is 5.91 Å². The Morgan fingerprint density at radius 1 is 1.11 bits per heavy atom. The second-order valence-corrected chi connectivity index (χ2v) is 7.36. The number of aromatic nitrogens is 1. The van der Waals surface area contributed by atoms with Crippen molar-refractivity contribution in [1.82, 2.24) is 20.9 Å². The summed E-state index contributed by atoms with van der Waals surface area (Å²) < 4.78 is 0. The number of phenolic OH excluding ortho intramolecular Hbond substituents is 1. The summed E-state index contributed by atoms with van der Waals surface area (Å²) in [5.74, 6) is 0.879. The van der Waals surface area contributed by atoms with Crippen LogP contribution in [0.5, 0.6) is 5.75 Å². The lowest BCUT2D eigenvalue weighted by Gasteiger charge is -2.24. The lowest BCUT2D eigenvalue weighted by atomic mass is 9.94. The molecule has 0 bridgehead atoms. The molecule has 150 valence electrons. The van der Waals surface area contributed by atoms with Crippen molar-refractivity contribution in [1.29, 1.82) is 0 Å². The number of amides is 1. The number of hydrogen-bond donors (Lipinski definition) is 4. The Morgan fingerprint density at radius 2 is 1.82 bits per heavy atom. The Balaban J connectivity index is 1.54. The smallest absolute Gasteiger partial charge is 0.241 e. The van der Waals surface area contributed by atoms with Crippen LogP contribution in [0, 0.1) is 5.92 Å². The highest BCUT2D eigenvalue weighted by Gasteiger charge is 2.21. The predicted octanol–water partition coefficient (Wildman–Crippen LogP) is 2.17. The van der Waals surface area contributed by atoms with Gasteiger partial charge in [0.15, 0.2) is 0 Å². The molecule has 4 N–H and O–H groups in total. The van der Waals surface area contributed by atoms with Gasteiger partial charge in [0.25, 0.3) is 0 Å². The predicted molar refractivity (Wildman–Crippen MR) is 110 cm³/mol. The van der Waals surface area contributed by atoms with Crippen LogP contribution in [0.25, 0.3) is 0 Å². The van der Waals surface area contributed by atoms with E-state index in [-0.39, 0.29) is 11.7 Å². The number of hydrogen-bond acceptors (Lipinski definition) is 5. The number of rotatable bonds is 9. The van der Waals surface area contributed by atoms with Crippen LogP contribution in [0.1, 0.15) is 36.4 Å². The molecule has 1 atom stereocenters. The van der Waals surface area contributed by atoms with E-state index in [1.165, 1.54) is 12.8 Å². The molecule has 3 rings (SSSR count). The molecule has 0 saturated carbocycles. The first-order valence-electron chi connectivity index (χ1n) is 10.1. The fourth-order valence-electron chi connectivity index (χ4n) is 3.61. The number of aromatic hydroxyl groups is 1. The highest BCUT2D eigenvalue weighted by Crippen LogP contribution is 2.19. The van der Waals surface area contributed by atoms with Crippen LogP contribution >= 0.6 is 0 Å². The SMILES string of the molecule is O=C(NCCc1ccncc1)C(NCCC1CCNCC1)c1ccc(O)cc1. The number of pyridine rings is 1. The zero-order valence-corrected chi connectivity index (χ0v) is 16.2. The Kier molecular flexibility index (Phi) is 7.82. The van der Waals surface area contributed by atoms with Gasteiger partial charge in [0.1, 0.15) is 11.8 Å². The van der Waals surface area contributed by atoms with Gasteiger partial charge in [-0.2, -0.15) is 0 Å². The van der Waals surface area contributed by atoms with Crippen molar-refractivity contribution in [2.45, 2.75) is 31.7 Å². The highest BCUT2D eigenvalue weighted by atomic mass is 16.3. The minimum Gasteiger partial charge on any atom is -0.508 e. The van der Waals surface area contributed by atoms with E-state index in [9.17, 15) is 9.90 Å². The summed E-state index contributed by atoms with van der Waals surface area (Å²) in [6, 6.07) is 10.4. The molecule has 0 aliphatic carbocycles. The van der Waals surface area contributed by atoms with Gasteiger partial charge in [-0.25, -0.2) is 0 Å². The van der Waals surface area contributed by atoms with Crippen molar-refractivity contribution in [3.63, 3.8) is 0 Å². The second kappa shape index (κ2) is 10.8. The Hall–Kier alpha value is -2.44. The maximum atomic E-state index is 12.8. The second-order valence-electron chi connectivity index (χ2n) is 7.36. The number of piperidine rings is 1. The highest BCUT2D eigenvalue weighted by molar-refractivity contribution is 5.83. The maximum Gasteiger partial charge on any atom is 0.241 e. The van der Waals surface area contributed by atoms with Gasteiger partial charge in [-0.05, 0) is 86.6 Å². The topological polar surface area (TPSA) is 86.3 Å². The molecule has 1 aliphatic rings. The quantitative estimate of drug-likeness (QED) is 0.534. The van der Waals surface area contributed by atoms with Crippen molar-refractivity contribution < 1.29 is 9.90 Å². The zero-order valence-electron chi connectivity index (χ0n) is 16.2. The first kappa shape index (κ1) is 20.3. The Bertz CT molecular complexity index is 715. The van der Waals surface area contributed by atoms with Gasteiger partial charge in [-0.3, -0.25) is 9.78 Å². The molecule has 1 aromatic carbocycles. The summed E-state index contributed by atoms with van der Waals surface area (Å²) in [4.78, 5) is 16.9. The fourth-order valence-corrected chi connectivity index (χ4v) is 3.61. The molecule has 1 aromatic heterocycles. The summed E-state index contributed by atoms with van der Waals surface area (Å²) in [7, 11) is 0. The summed E-state index contributed by atoms with van der Waals surface area (Å²) in [5.41, 5.74) is 2.01. The minimum absolute atomic E-state index is 0.0370. The average Bonchev–Trinajstić information content (AvgIpc) is 2.73. The molecule has 28 heavy (non-hydrogen) atoms. The van der Waals surface area contributed by atoms with Crippen molar-refractivity contribution in [3.05, 3.63) is 59.9 Å². The number of phenols is 1. The number of nitrogens with one attached hydrogen (secondary N) is 3. The molecule has 1 fully saturated rings. The number of benzene rings is 1. The molecule has 1 amide bonds. The minimum atomic E-state index is -0.417. The van der Waals surface area contributed by atoms with E-state index in [4.69, 9.17) is 0 Å². The van der Waals surface area contributed by atoms with E-state index in [0.29, 0.717) is 12.5 Å². The van der Waals surface area contributed by atoms with Crippen LogP contribution in [0.15, 0.2) is 48.8 Å². The molecule has 6 nitrogen and oxygen atoms in total. The van der Waals surface area contributed by atoms with E-state index < -0.39 is 6.04 Å². The summed E-state index contributed by atoms with van der Waals surface area (Å²) in [6.45, 7) is 3.55. The maximum absolute atomic E-state index is 12.8. The third kappa shape index (κ3) is 6.32. The molecule has 6 heteroatoms. The van der Waals surface area contributed by atoms with Gasteiger partial charge in [0, 0.05) is 18.9 Å². The zero-order chi connectivity index (χ0) is 19.6. The summed E-state index contributed by atoms with van der Waals surface area (Å²) in [6.07, 6.45) is 7.76. The van der Waals surface area contributed by atoms with E-state index in [1.807, 2.05) is 12.1 Å². The molecule has 1 unspecified atom stereocenters. The Morgan fingerprint density at radius 3 is 2.54 bits per heavy atom.